The van der Waals surface area contributed by atoms with Crippen molar-refractivity contribution in [3.05, 3.63) is 75.6 Å². The molecule has 3 aromatic rings. The molecule has 0 saturated carbocycles. The molecule has 1 amide bonds. The zero-order chi connectivity index (χ0) is 19.9. The van der Waals surface area contributed by atoms with E-state index in [0.717, 1.165) is 14.8 Å². The van der Waals surface area contributed by atoms with E-state index < -0.39 is 5.97 Å². The molecule has 0 fully saturated rings. The second-order valence-corrected chi connectivity index (χ2v) is 6.98. The first-order valence-electron chi connectivity index (χ1n) is 8.26. The van der Waals surface area contributed by atoms with E-state index in [1.54, 1.807) is 24.3 Å². The number of amides is 1. The second-order valence-electron chi connectivity index (χ2n) is 5.74. The fraction of sp³-hybridized carbons (Fsp3) is 0.0500. The van der Waals surface area contributed by atoms with Crippen molar-refractivity contribution < 1.29 is 19.1 Å². The topological polar surface area (TPSA) is 104 Å². The Morgan fingerprint density at radius 3 is 2.43 bits per heavy atom. The molecule has 142 valence electrons. The van der Waals surface area contributed by atoms with Gasteiger partial charge in [0.1, 0.15) is 11.5 Å². The van der Waals surface area contributed by atoms with Crippen molar-refractivity contribution >= 4 is 46.4 Å². The highest BCUT2D eigenvalue weighted by Gasteiger charge is 2.06. The summed E-state index contributed by atoms with van der Waals surface area (Å²) in [6.45, 7) is 0.0945. The SMILES string of the molecule is O=C(CNc1ccc(I)cc1)N/N=C\c1ccc(-c2ccc(C(=O)O)cc2)o1. The molecule has 3 rings (SSSR count). The Bertz CT molecular complexity index is 995. The standard InChI is InChI=1S/C20H16IN3O4/c21-15-5-7-16(8-6-15)22-12-19(25)24-23-11-17-9-10-18(28-17)13-1-3-14(4-2-13)20(26)27/h1-11,22H,12H2,(H,24,25)(H,26,27)/b23-11-. The third kappa shape index (κ3) is 5.43. The van der Waals surface area contributed by atoms with E-state index in [4.69, 9.17) is 9.52 Å². The first-order chi connectivity index (χ1) is 13.5. The van der Waals surface area contributed by atoms with Gasteiger partial charge in [-0.3, -0.25) is 4.79 Å². The Kier molecular flexibility index (Phi) is 6.43. The zero-order valence-corrected chi connectivity index (χ0v) is 16.7. The van der Waals surface area contributed by atoms with Gasteiger partial charge in [0.25, 0.3) is 5.91 Å². The minimum absolute atomic E-state index is 0.0945. The van der Waals surface area contributed by atoms with Crippen LogP contribution in [0.1, 0.15) is 16.1 Å². The predicted octanol–water partition coefficient (Wildman–Crippen LogP) is 3.81. The molecule has 28 heavy (non-hydrogen) atoms. The Morgan fingerprint density at radius 2 is 1.75 bits per heavy atom. The molecule has 0 bridgehead atoms. The Hall–Kier alpha value is -3.14. The highest BCUT2D eigenvalue weighted by Crippen LogP contribution is 2.22. The summed E-state index contributed by atoms with van der Waals surface area (Å²) in [5, 5.41) is 15.8. The van der Waals surface area contributed by atoms with Gasteiger partial charge in [-0.05, 0) is 71.1 Å². The summed E-state index contributed by atoms with van der Waals surface area (Å²) in [6.07, 6.45) is 1.40. The molecule has 2 aromatic carbocycles. The molecule has 3 N–H and O–H groups in total. The van der Waals surface area contributed by atoms with Gasteiger partial charge in [-0.25, -0.2) is 10.2 Å². The van der Waals surface area contributed by atoms with E-state index in [1.807, 2.05) is 24.3 Å². The van der Waals surface area contributed by atoms with Crippen LogP contribution in [0.25, 0.3) is 11.3 Å². The van der Waals surface area contributed by atoms with Crippen LogP contribution >= 0.6 is 22.6 Å². The summed E-state index contributed by atoms with van der Waals surface area (Å²) in [5.41, 5.74) is 4.23. The van der Waals surface area contributed by atoms with Gasteiger partial charge >= 0.3 is 5.97 Å². The van der Waals surface area contributed by atoms with Gasteiger partial charge < -0.3 is 14.8 Å². The van der Waals surface area contributed by atoms with Crippen LogP contribution in [0.2, 0.25) is 0 Å². The number of carbonyl (C=O) groups is 2. The lowest BCUT2D eigenvalue weighted by Crippen LogP contribution is -2.25. The molecule has 0 unspecified atom stereocenters. The van der Waals surface area contributed by atoms with Crippen LogP contribution in [-0.2, 0) is 4.79 Å². The molecule has 0 atom stereocenters. The molecule has 8 heteroatoms. The predicted molar refractivity (Wildman–Crippen MR) is 114 cm³/mol. The van der Waals surface area contributed by atoms with Crippen molar-refractivity contribution in [2.24, 2.45) is 5.10 Å². The molecule has 1 heterocycles. The largest absolute Gasteiger partial charge is 0.478 e. The average molecular weight is 489 g/mol. The minimum atomic E-state index is -0.980. The summed E-state index contributed by atoms with van der Waals surface area (Å²) in [6, 6.07) is 17.5. The third-order valence-corrected chi connectivity index (χ3v) is 4.44. The number of halogens is 1. The van der Waals surface area contributed by atoms with Crippen molar-refractivity contribution in [1.29, 1.82) is 0 Å². The van der Waals surface area contributed by atoms with Gasteiger partial charge in [0.05, 0.1) is 18.3 Å². The summed E-state index contributed by atoms with van der Waals surface area (Å²) < 4.78 is 6.75. The number of furan rings is 1. The summed E-state index contributed by atoms with van der Waals surface area (Å²) in [4.78, 5) is 22.7. The second kappa shape index (κ2) is 9.18. The number of hydrogen-bond acceptors (Lipinski definition) is 5. The summed E-state index contributed by atoms with van der Waals surface area (Å²) >= 11 is 2.21. The van der Waals surface area contributed by atoms with Gasteiger partial charge in [-0.2, -0.15) is 5.10 Å². The van der Waals surface area contributed by atoms with Crippen LogP contribution in [0.4, 0.5) is 5.69 Å². The lowest BCUT2D eigenvalue weighted by atomic mass is 10.1. The number of anilines is 1. The van der Waals surface area contributed by atoms with Crippen LogP contribution in [0.15, 0.2) is 70.2 Å². The normalized spacial score (nSPS) is 10.8. The van der Waals surface area contributed by atoms with E-state index in [9.17, 15) is 9.59 Å². The number of rotatable bonds is 7. The molecular weight excluding hydrogens is 473 g/mol. The lowest BCUT2D eigenvalue weighted by Gasteiger charge is -2.04. The lowest BCUT2D eigenvalue weighted by molar-refractivity contribution is -0.119. The monoisotopic (exact) mass is 489 g/mol. The molecule has 0 aliphatic heterocycles. The van der Waals surface area contributed by atoms with Crippen molar-refractivity contribution in [2.75, 3.05) is 11.9 Å². The van der Waals surface area contributed by atoms with Crippen molar-refractivity contribution in [2.45, 2.75) is 0 Å². The number of carbonyl (C=O) groups excluding carboxylic acids is 1. The molecular formula is C20H16IN3O4. The fourth-order valence-corrected chi connectivity index (χ4v) is 2.67. The van der Waals surface area contributed by atoms with Crippen LogP contribution < -0.4 is 10.7 Å². The van der Waals surface area contributed by atoms with E-state index >= 15 is 0 Å². The van der Waals surface area contributed by atoms with Crippen LogP contribution in [0.3, 0.4) is 0 Å². The molecule has 0 saturated heterocycles. The number of carboxylic acid groups (broad SMARTS) is 1. The third-order valence-electron chi connectivity index (χ3n) is 3.72. The Labute approximate surface area is 174 Å². The fourth-order valence-electron chi connectivity index (χ4n) is 2.31. The number of carboxylic acids is 1. The number of nitrogens with zero attached hydrogens (tertiary/aromatic N) is 1. The van der Waals surface area contributed by atoms with E-state index in [0.29, 0.717) is 11.5 Å². The number of aromatic carboxylic acids is 1. The van der Waals surface area contributed by atoms with Crippen molar-refractivity contribution in [3.63, 3.8) is 0 Å². The van der Waals surface area contributed by atoms with E-state index in [-0.39, 0.29) is 18.0 Å². The van der Waals surface area contributed by atoms with Crippen molar-refractivity contribution in [3.8, 4) is 11.3 Å². The van der Waals surface area contributed by atoms with Gasteiger partial charge in [0.15, 0.2) is 0 Å². The van der Waals surface area contributed by atoms with Gasteiger partial charge in [-0.1, -0.05) is 12.1 Å². The smallest absolute Gasteiger partial charge is 0.335 e. The summed E-state index contributed by atoms with van der Waals surface area (Å²) in [7, 11) is 0. The van der Waals surface area contributed by atoms with E-state index in [1.165, 1.54) is 18.3 Å². The highest BCUT2D eigenvalue weighted by molar-refractivity contribution is 14.1. The Balaban J connectivity index is 1.51. The molecule has 0 aliphatic carbocycles. The van der Waals surface area contributed by atoms with Crippen LogP contribution in [0.5, 0.6) is 0 Å². The number of nitrogens with one attached hydrogen (secondary N) is 2. The first-order valence-corrected chi connectivity index (χ1v) is 9.34. The number of hydrogen-bond donors (Lipinski definition) is 3. The maximum Gasteiger partial charge on any atom is 0.335 e. The van der Waals surface area contributed by atoms with Gasteiger partial charge in [0.2, 0.25) is 0 Å². The summed E-state index contributed by atoms with van der Waals surface area (Å²) in [5.74, 6) is -0.231. The van der Waals surface area contributed by atoms with Crippen molar-refractivity contribution in [1.82, 2.24) is 5.43 Å². The van der Waals surface area contributed by atoms with Gasteiger partial charge in [-0.15, -0.1) is 0 Å². The maximum absolute atomic E-state index is 11.8. The number of benzene rings is 2. The molecule has 0 spiro atoms. The Morgan fingerprint density at radius 1 is 1.04 bits per heavy atom. The maximum atomic E-state index is 11.8. The van der Waals surface area contributed by atoms with E-state index in [2.05, 4.69) is 38.4 Å². The average Bonchev–Trinajstić information content (AvgIpc) is 3.16. The molecule has 0 aliphatic rings. The van der Waals surface area contributed by atoms with Crippen LogP contribution in [-0.4, -0.2) is 29.7 Å². The highest BCUT2D eigenvalue weighted by atomic mass is 127. The quantitative estimate of drug-likeness (QED) is 0.266. The van der Waals surface area contributed by atoms with Crippen LogP contribution in [0, 0.1) is 3.57 Å². The zero-order valence-electron chi connectivity index (χ0n) is 14.6. The minimum Gasteiger partial charge on any atom is -0.478 e. The first kappa shape index (κ1) is 19.6. The van der Waals surface area contributed by atoms with Gasteiger partial charge in [0, 0.05) is 14.8 Å². The molecule has 7 nitrogen and oxygen atoms in total. The molecule has 1 aromatic heterocycles. The number of hydrazone groups is 1. The molecule has 0 radical (unpaired) electrons.